The SMILES string of the molecule is Cc1cc(C2=CCN(C(=O)O)CC2)cc([N+](=O)[O-])c1. The van der Waals surface area contributed by atoms with Crippen molar-refractivity contribution in [3.05, 3.63) is 45.5 Å². The second kappa shape index (κ2) is 5.09. The Bertz CT molecular complexity index is 566. The zero-order valence-electron chi connectivity index (χ0n) is 10.5. The number of aryl methyl sites for hydroxylation is 1. The highest BCUT2D eigenvalue weighted by Crippen LogP contribution is 2.27. The lowest BCUT2D eigenvalue weighted by Crippen LogP contribution is -2.33. The highest BCUT2D eigenvalue weighted by atomic mass is 16.6. The highest BCUT2D eigenvalue weighted by molar-refractivity contribution is 5.72. The molecule has 6 heteroatoms. The van der Waals surface area contributed by atoms with Crippen molar-refractivity contribution in [2.24, 2.45) is 0 Å². The van der Waals surface area contributed by atoms with E-state index >= 15 is 0 Å². The molecule has 0 bridgehead atoms. The van der Waals surface area contributed by atoms with Gasteiger partial charge in [0.25, 0.3) is 5.69 Å². The number of carbonyl (C=O) groups is 1. The normalized spacial score (nSPS) is 15.0. The summed E-state index contributed by atoms with van der Waals surface area (Å²) in [6.45, 7) is 2.55. The van der Waals surface area contributed by atoms with Crippen molar-refractivity contribution < 1.29 is 14.8 Å². The molecule has 0 radical (unpaired) electrons. The third-order valence-corrected chi connectivity index (χ3v) is 3.12. The molecule has 0 unspecified atom stereocenters. The van der Waals surface area contributed by atoms with Gasteiger partial charge >= 0.3 is 6.09 Å². The van der Waals surface area contributed by atoms with Crippen LogP contribution in [0.25, 0.3) is 5.57 Å². The largest absolute Gasteiger partial charge is 0.465 e. The van der Waals surface area contributed by atoms with Crippen LogP contribution >= 0.6 is 0 Å². The molecule has 0 spiro atoms. The number of hydrogen-bond donors (Lipinski definition) is 1. The lowest BCUT2D eigenvalue weighted by atomic mass is 9.97. The van der Waals surface area contributed by atoms with E-state index < -0.39 is 11.0 Å². The third kappa shape index (κ3) is 2.90. The Hall–Kier alpha value is -2.37. The van der Waals surface area contributed by atoms with Gasteiger partial charge in [-0.1, -0.05) is 12.1 Å². The molecular formula is C13H14N2O4. The Labute approximate surface area is 110 Å². The molecule has 0 aromatic heterocycles. The van der Waals surface area contributed by atoms with Crippen LogP contribution < -0.4 is 0 Å². The van der Waals surface area contributed by atoms with Gasteiger partial charge in [-0.2, -0.15) is 0 Å². The summed E-state index contributed by atoms with van der Waals surface area (Å²) in [7, 11) is 0. The summed E-state index contributed by atoms with van der Waals surface area (Å²) in [6.07, 6.45) is 1.45. The predicted octanol–water partition coefficient (Wildman–Crippen LogP) is 2.67. The molecule has 1 aromatic carbocycles. The van der Waals surface area contributed by atoms with Crippen LogP contribution in [0, 0.1) is 17.0 Å². The second-order valence-electron chi connectivity index (χ2n) is 4.52. The summed E-state index contributed by atoms with van der Waals surface area (Å²) in [5, 5.41) is 19.7. The van der Waals surface area contributed by atoms with Gasteiger partial charge in [0.2, 0.25) is 0 Å². The van der Waals surface area contributed by atoms with E-state index in [-0.39, 0.29) is 5.69 Å². The van der Waals surface area contributed by atoms with Crippen LogP contribution in [0.1, 0.15) is 17.5 Å². The van der Waals surface area contributed by atoms with Gasteiger partial charge in [-0.3, -0.25) is 10.1 Å². The number of benzene rings is 1. The first-order chi connectivity index (χ1) is 8.97. The number of rotatable bonds is 2. The molecule has 100 valence electrons. The fourth-order valence-electron chi connectivity index (χ4n) is 2.16. The zero-order valence-corrected chi connectivity index (χ0v) is 10.5. The number of carboxylic acid groups (broad SMARTS) is 1. The number of hydrogen-bond acceptors (Lipinski definition) is 3. The maximum absolute atomic E-state index is 10.8. The van der Waals surface area contributed by atoms with Crippen molar-refractivity contribution in [3.8, 4) is 0 Å². The first-order valence-electron chi connectivity index (χ1n) is 5.91. The Morgan fingerprint density at radius 3 is 2.68 bits per heavy atom. The van der Waals surface area contributed by atoms with E-state index in [2.05, 4.69) is 0 Å². The number of amides is 1. The van der Waals surface area contributed by atoms with E-state index in [9.17, 15) is 14.9 Å². The number of nitrogens with zero attached hydrogens (tertiary/aromatic N) is 2. The molecule has 6 nitrogen and oxygen atoms in total. The molecule has 1 heterocycles. The van der Waals surface area contributed by atoms with Gasteiger partial charge in [0.1, 0.15) is 0 Å². The summed E-state index contributed by atoms with van der Waals surface area (Å²) in [5.41, 5.74) is 2.66. The summed E-state index contributed by atoms with van der Waals surface area (Å²) < 4.78 is 0. The van der Waals surface area contributed by atoms with Crippen molar-refractivity contribution in [2.45, 2.75) is 13.3 Å². The maximum Gasteiger partial charge on any atom is 0.407 e. The lowest BCUT2D eigenvalue weighted by molar-refractivity contribution is -0.384. The van der Waals surface area contributed by atoms with Gasteiger partial charge in [-0.15, -0.1) is 0 Å². The number of nitro groups is 1. The summed E-state index contributed by atoms with van der Waals surface area (Å²) in [6, 6.07) is 4.95. The molecule has 1 aliphatic rings. The smallest absolute Gasteiger partial charge is 0.407 e. The van der Waals surface area contributed by atoms with E-state index in [4.69, 9.17) is 5.11 Å². The standard InChI is InChI=1S/C13H14N2O4/c1-9-6-11(8-12(7-9)15(18)19)10-2-4-14(5-3-10)13(16)17/h2,6-8H,3-5H2,1H3,(H,16,17). The van der Waals surface area contributed by atoms with Crippen molar-refractivity contribution in [2.75, 3.05) is 13.1 Å². The minimum atomic E-state index is -0.939. The quantitative estimate of drug-likeness (QED) is 0.656. The Morgan fingerprint density at radius 1 is 1.42 bits per heavy atom. The molecule has 19 heavy (non-hydrogen) atoms. The first-order valence-corrected chi connectivity index (χ1v) is 5.91. The summed E-state index contributed by atoms with van der Waals surface area (Å²) in [5.74, 6) is 0. The van der Waals surface area contributed by atoms with Crippen LogP contribution in [-0.4, -0.2) is 34.1 Å². The van der Waals surface area contributed by atoms with Crippen LogP contribution in [0.3, 0.4) is 0 Å². The predicted molar refractivity (Wildman–Crippen MR) is 70.0 cm³/mol. The van der Waals surface area contributed by atoms with Crippen molar-refractivity contribution >= 4 is 17.4 Å². The van der Waals surface area contributed by atoms with E-state index in [0.29, 0.717) is 19.5 Å². The van der Waals surface area contributed by atoms with Crippen molar-refractivity contribution in [1.82, 2.24) is 4.90 Å². The Balaban J connectivity index is 2.28. The van der Waals surface area contributed by atoms with Gasteiger partial charge in [0, 0.05) is 25.2 Å². The van der Waals surface area contributed by atoms with Crippen LogP contribution in [-0.2, 0) is 0 Å². The molecule has 0 saturated heterocycles. The minimum Gasteiger partial charge on any atom is -0.465 e. The van der Waals surface area contributed by atoms with Gasteiger partial charge in [-0.05, 0) is 30.0 Å². The van der Waals surface area contributed by atoms with E-state index in [1.807, 2.05) is 19.1 Å². The molecular weight excluding hydrogens is 248 g/mol. The Morgan fingerprint density at radius 2 is 2.16 bits per heavy atom. The molecule has 0 saturated carbocycles. The van der Waals surface area contributed by atoms with Crippen LogP contribution in [0.15, 0.2) is 24.3 Å². The molecule has 1 amide bonds. The molecule has 1 N–H and O–H groups in total. The number of nitro benzene ring substituents is 1. The first kappa shape index (κ1) is 13.1. The summed E-state index contributed by atoms with van der Waals surface area (Å²) in [4.78, 5) is 22.5. The average molecular weight is 262 g/mol. The fraction of sp³-hybridized carbons (Fsp3) is 0.308. The van der Waals surface area contributed by atoms with Crippen molar-refractivity contribution in [1.29, 1.82) is 0 Å². The molecule has 1 aromatic rings. The Kier molecular flexibility index (Phi) is 3.50. The van der Waals surface area contributed by atoms with Crippen LogP contribution in [0.2, 0.25) is 0 Å². The van der Waals surface area contributed by atoms with Crippen molar-refractivity contribution in [3.63, 3.8) is 0 Å². The summed E-state index contributed by atoms with van der Waals surface area (Å²) >= 11 is 0. The third-order valence-electron chi connectivity index (χ3n) is 3.12. The average Bonchev–Trinajstić information content (AvgIpc) is 2.38. The zero-order chi connectivity index (χ0) is 14.0. The van der Waals surface area contributed by atoms with Crippen LogP contribution in [0.5, 0.6) is 0 Å². The van der Waals surface area contributed by atoms with Gasteiger partial charge < -0.3 is 10.0 Å². The number of non-ortho nitro benzene ring substituents is 1. The maximum atomic E-state index is 10.8. The highest BCUT2D eigenvalue weighted by Gasteiger charge is 2.18. The molecule has 1 aliphatic heterocycles. The molecule has 0 atom stereocenters. The van der Waals surface area contributed by atoms with E-state index in [1.165, 1.54) is 17.0 Å². The molecule has 0 fully saturated rings. The lowest BCUT2D eigenvalue weighted by Gasteiger charge is -2.23. The van der Waals surface area contributed by atoms with E-state index in [0.717, 1.165) is 16.7 Å². The topological polar surface area (TPSA) is 83.7 Å². The monoisotopic (exact) mass is 262 g/mol. The molecule has 0 aliphatic carbocycles. The second-order valence-corrected chi connectivity index (χ2v) is 4.52. The van der Waals surface area contributed by atoms with E-state index in [1.54, 1.807) is 0 Å². The minimum absolute atomic E-state index is 0.0663. The molecule has 2 rings (SSSR count). The van der Waals surface area contributed by atoms with Crippen LogP contribution in [0.4, 0.5) is 10.5 Å². The fourth-order valence-corrected chi connectivity index (χ4v) is 2.16. The van der Waals surface area contributed by atoms with Gasteiger partial charge in [0.05, 0.1) is 4.92 Å². The van der Waals surface area contributed by atoms with Gasteiger partial charge in [0.15, 0.2) is 0 Å². The van der Waals surface area contributed by atoms with Gasteiger partial charge in [-0.25, -0.2) is 4.79 Å².